The molecule has 0 bridgehead atoms. The van der Waals surface area contributed by atoms with Gasteiger partial charge in [-0.05, 0) is 30.3 Å². The van der Waals surface area contributed by atoms with E-state index < -0.39 is 42.8 Å². The van der Waals surface area contributed by atoms with Crippen molar-refractivity contribution in [1.29, 1.82) is 0 Å². The van der Waals surface area contributed by atoms with Crippen LogP contribution in [0.1, 0.15) is 5.82 Å². The van der Waals surface area contributed by atoms with E-state index in [-0.39, 0.29) is 16.7 Å². The normalized spacial score (nSPS) is 11.5. The van der Waals surface area contributed by atoms with Gasteiger partial charge in [0.2, 0.25) is 5.82 Å². The van der Waals surface area contributed by atoms with E-state index in [1.807, 2.05) is 0 Å². The second-order valence-corrected chi connectivity index (χ2v) is 6.76. The van der Waals surface area contributed by atoms with Crippen molar-refractivity contribution in [2.24, 2.45) is 0 Å². The summed E-state index contributed by atoms with van der Waals surface area (Å²) in [5.41, 5.74) is 0.0310. The van der Waals surface area contributed by atoms with Gasteiger partial charge in [0.25, 0.3) is 5.91 Å². The van der Waals surface area contributed by atoms with Crippen LogP contribution in [0.5, 0.6) is 0 Å². The predicted octanol–water partition coefficient (Wildman–Crippen LogP) is 4.14. The highest BCUT2D eigenvalue weighted by atomic mass is 79.9. The number of hydrogen-bond acceptors (Lipinski definition) is 4. The monoisotopic (exact) mass is 473 g/mol. The van der Waals surface area contributed by atoms with Gasteiger partial charge in [-0.2, -0.15) is 13.2 Å². The minimum absolute atomic E-state index is 0.0658. The fourth-order valence-corrected chi connectivity index (χ4v) is 2.88. The molecule has 29 heavy (non-hydrogen) atoms. The topological polar surface area (TPSA) is 73.2 Å². The number of carbonyl (C=O) groups is 2. The van der Waals surface area contributed by atoms with Gasteiger partial charge >= 0.3 is 12.1 Å². The lowest BCUT2D eigenvalue weighted by Gasteiger charge is -2.11. The van der Waals surface area contributed by atoms with E-state index in [2.05, 4.69) is 26.2 Å². The van der Waals surface area contributed by atoms with Gasteiger partial charge in [-0.3, -0.25) is 9.59 Å². The van der Waals surface area contributed by atoms with Gasteiger partial charge in [-0.15, -0.1) is 0 Å². The SMILES string of the molecule is O=C(COC(=O)Cn1c(C(F)(F)F)nc2ccccc21)Nc1ccc(Br)cc1F. The third kappa shape index (κ3) is 4.91. The fourth-order valence-electron chi connectivity index (χ4n) is 2.55. The number of benzene rings is 2. The maximum absolute atomic E-state index is 13.7. The van der Waals surface area contributed by atoms with Crippen molar-refractivity contribution in [3.8, 4) is 0 Å². The molecule has 0 saturated heterocycles. The van der Waals surface area contributed by atoms with E-state index in [9.17, 15) is 27.2 Å². The van der Waals surface area contributed by atoms with Crippen LogP contribution in [0.3, 0.4) is 0 Å². The first-order valence-electron chi connectivity index (χ1n) is 8.08. The fraction of sp³-hybridized carbons (Fsp3) is 0.167. The van der Waals surface area contributed by atoms with Crippen molar-refractivity contribution in [1.82, 2.24) is 9.55 Å². The lowest BCUT2D eigenvalue weighted by atomic mass is 10.3. The molecule has 0 aliphatic heterocycles. The second kappa shape index (κ2) is 8.19. The number of para-hydroxylation sites is 2. The molecular weight excluding hydrogens is 462 g/mol. The first kappa shape index (κ1) is 20.8. The van der Waals surface area contributed by atoms with Crippen molar-refractivity contribution >= 4 is 44.5 Å². The number of nitrogens with zero attached hydrogens (tertiary/aromatic N) is 2. The van der Waals surface area contributed by atoms with Crippen molar-refractivity contribution in [2.45, 2.75) is 12.7 Å². The van der Waals surface area contributed by atoms with E-state index >= 15 is 0 Å². The average Bonchev–Trinajstić information content (AvgIpc) is 3.01. The molecule has 0 fully saturated rings. The third-order valence-corrected chi connectivity index (χ3v) is 4.26. The zero-order chi connectivity index (χ0) is 21.2. The summed E-state index contributed by atoms with van der Waals surface area (Å²) in [6, 6.07) is 9.71. The highest BCUT2D eigenvalue weighted by Crippen LogP contribution is 2.31. The number of fused-ring (bicyclic) bond motifs is 1. The minimum Gasteiger partial charge on any atom is -0.454 e. The summed E-state index contributed by atoms with van der Waals surface area (Å²) in [6.07, 6.45) is -4.78. The van der Waals surface area contributed by atoms with Crippen LogP contribution in [-0.2, 0) is 27.0 Å². The number of alkyl halides is 3. The van der Waals surface area contributed by atoms with Crippen LogP contribution in [0.4, 0.5) is 23.2 Å². The Morgan fingerprint density at radius 1 is 1.17 bits per heavy atom. The Bertz CT molecular complexity index is 1080. The molecule has 0 spiro atoms. The molecule has 0 aliphatic carbocycles. The average molecular weight is 474 g/mol. The number of anilines is 1. The second-order valence-electron chi connectivity index (χ2n) is 5.84. The Hall–Kier alpha value is -2.95. The van der Waals surface area contributed by atoms with E-state index in [0.717, 1.165) is 6.07 Å². The Labute approximate surface area is 169 Å². The number of nitrogens with one attached hydrogen (secondary N) is 1. The predicted molar refractivity (Wildman–Crippen MR) is 98.4 cm³/mol. The molecule has 0 unspecified atom stereocenters. The molecule has 3 aromatic rings. The number of rotatable bonds is 5. The number of imidazole rings is 1. The number of halogens is 5. The number of esters is 1. The summed E-state index contributed by atoms with van der Waals surface area (Å²) in [5.74, 6) is -3.88. The van der Waals surface area contributed by atoms with Crippen LogP contribution < -0.4 is 5.32 Å². The molecule has 0 atom stereocenters. The lowest BCUT2D eigenvalue weighted by molar-refractivity contribution is -0.152. The first-order chi connectivity index (χ1) is 13.6. The quantitative estimate of drug-likeness (QED) is 0.446. The van der Waals surface area contributed by atoms with Gasteiger partial charge in [-0.25, -0.2) is 9.37 Å². The van der Waals surface area contributed by atoms with E-state index in [1.54, 1.807) is 0 Å². The lowest BCUT2D eigenvalue weighted by Crippen LogP contribution is -2.25. The zero-order valence-corrected chi connectivity index (χ0v) is 16.1. The number of carbonyl (C=O) groups excluding carboxylic acids is 2. The van der Waals surface area contributed by atoms with E-state index in [1.165, 1.54) is 36.4 Å². The highest BCUT2D eigenvalue weighted by molar-refractivity contribution is 9.10. The largest absolute Gasteiger partial charge is 0.454 e. The van der Waals surface area contributed by atoms with Crippen LogP contribution in [0, 0.1) is 5.82 Å². The van der Waals surface area contributed by atoms with Gasteiger partial charge in [0.05, 0.1) is 16.7 Å². The number of hydrogen-bond donors (Lipinski definition) is 1. The molecule has 152 valence electrons. The third-order valence-electron chi connectivity index (χ3n) is 3.76. The molecule has 11 heteroatoms. The maximum atomic E-state index is 13.7. The summed E-state index contributed by atoms with van der Waals surface area (Å²) >= 11 is 3.07. The molecule has 0 radical (unpaired) electrons. The Morgan fingerprint density at radius 2 is 1.90 bits per heavy atom. The van der Waals surface area contributed by atoms with E-state index in [4.69, 9.17) is 4.74 Å². The molecule has 1 amide bonds. The number of aromatic nitrogens is 2. The minimum atomic E-state index is -4.78. The number of ether oxygens (including phenoxy) is 1. The summed E-state index contributed by atoms with van der Waals surface area (Å²) in [5, 5.41) is 2.21. The Balaban J connectivity index is 1.67. The maximum Gasteiger partial charge on any atom is 0.449 e. The molecule has 2 aromatic carbocycles. The van der Waals surface area contributed by atoms with Crippen LogP contribution in [0.15, 0.2) is 46.9 Å². The van der Waals surface area contributed by atoms with Crippen LogP contribution in [0.25, 0.3) is 11.0 Å². The summed E-state index contributed by atoms with van der Waals surface area (Å²) < 4.78 is 59.2. The molecule has 1 aromatic heterocycles. The van der Waals surface area contributed by atoms with E-state index in [0.29, 0.717) is 9.04 Å². The Kier molecular flexibility index (Phi) is 5.87. The molecule has 3 rings (SSSR count). The van der Waals surface area contributed by atoms with Crippen molar-refractivity contribution in [3.63, 3.8) is 0 Å². The molecule has 0 saturated carbocycles. The van der Waals surface area contributed by atoms with Crippen LogP contribution >= 0.6 is 15.9 Å². The molecular formula is C18H12BrF4N3O3. The van der Waals surface area contributed by atoms with Gasteiger partial charge in [0.1, 0.15) is 12.4 Å². The van der Waals surface area contributed by atoms with Gasteiger partial charge in [0.15, 0.2) is 6.61 Å². The standard InChI is InChI=1S/C18H12BrF4N3O3/c19-10-5-6-12(11(20)7-10)24-15(27)9-29-16(28)8-26-14-4-2-1-3-13(14)25-17(26)18(21,22)23/h1-7H,8-9H2,(H,24,27). The smallest absolute Gasteiger partial charge is 0.449 e. The first-order valence-corrected chi connectivity index (χ1v) is 8.87. The summed E-state index contributed by atoms with van der Waals surface area (Å²) in [6.45, 7) is -1.59. The molecule has 1 heterocycles. The van der Waals surface area contributed by atoms with Gasteiger partial charge < -0.3 is 14.6 Å². The molecule has 1 N–H and O–H groups in total. The van der Waals surface area contributed by atoms with Crippen molar-refractivity contribution in [3.05, 3.63) is 58.6 Å². The molecule has 6 nitrogen and oxygen atoms in total. The van der Waals surface area contributed by atoms with Crippen LogP contribution in [0.2, 0.25) is 0 Å². The molecule has 0 aliphatic rings. The summed E-state index contributed by atoms with van der Waals surface area (Å²) in [7, 11) is 0. The van der Waals surface area contributed by atoms with Gasteiger partial charge in [0, 0.05) is 4.47 Å². The van der Waals surface area contributed by atoms with Crippen molar-refractivity contribution in [2.75, 3.05) is 11.9 Å². The van der Waals surface area contributed by atoms with Gasteiger partial charge in [-0.1, -0.05) is 28.1 Å². The highest BCUT2D eigenvalue weighted by Gasteiger charge is 2.38. The van der Waals surface area contributed by atoms with Crippen LogP contribution in [-0.4, -0.2) is 28.0 Å². The Morgan fingerprint density at radius 3 is 2.59 bits per heavy atom. The number of amides is 1. The zero-order valence-electron chi connectivity index (χ0n) is 14.5. The van der Waals surface area contributed by atoms with Crippen molar-refractivity contribution < 1.29 is 31.9 Å². The summed E-state index contributed by atoms with van der Waals surface area (Å²) in [4.78, 5) is 27.3.